The molecule has 0 aromatic heterocycles. The van der Waals surface area contributed by atoms with Crippen LogP contribution in [0.25, 0.3) is 0 Å². The minimum atomic E-state index is -3.71. The van der Waals surface area contributed by atoms with Crippen LogP contribution in [0.1, 0.15) is 41.3 Å². The number of nitrogens with two attached hydrogens (primary N) is 1. The first kappa shape index (κ1) is 19.4. The van der Waals surface area contributed by atoms with Gasteiger partial charge in [0.25, 0.3) is 5.91 Å². The number of carbonyl (C=O) groups is 1. The van der Waals surface area contributed by atoms with Crippen LogP contribution >= 0.6 is 0 Å². The van der Waals surface area contributed by atoms with Gasteiger partial charge < -0.3 is 10.1 Å². The van der Waals surface area contributed by atoms with Gasteiger partial charge >= 0.3 is 0 Å². The lowest BCUT2D eigenvalue weighted by atomic mass is 10.0. The van der Waals surface area contributed by atoms with Gasteiger partial charge in [-0.05, 0) is 53.8 Å². The summed E-state index contributed by atoms with van der Waals surface area (Å²) in [6, 6.07) is 11.9. The van der Waals surface area contributed by atoms with Crippen LogP contribution in [0.2, 0.25) is 0 Å². The molecule has 1 saturated carbocycles. The number of nitrogens with one attached hydrogen (secondary N) is 1. The van der Waals surface area contributed by atoms with Crippen molar-refractivity contribution in [2.45, 2.75) is 37.6 Å². The van der Waals surface area contributed by atoms with Gasteiger partial charge in [0.15, 0.2) is 0 Å². The number of primary sulfonamides is 1. The van der Waals surface area contributed by atoms with Gasteiger partial charge in [-0.2, -0.15) is 0 Å². The maximum absolute atomic E-state index is 12.7. The molecule has 0 saturated heterocycles. The number of carbonyl (C=O) groups excluding carboxylic acids is 1. The van der Waals surface area contributed by atoms with Crippen molar-refractivity contribution in [3.8, 4) is 5.75 Å². The molecule has 1 fully saturated rings. The molecule has 2 aromatic rings. The number of methoxy groups -OCH3 is 1. The molecule has 6 nitrogen and oxygen atoms in total. The molecule has 3 rings (SSSR count). The molecule has 2 atom stereocenters. The third kappa shape index (κ3) is 3.70. The van der Waals surface area contributed by atoms with E-state index in [1.54, 1.807) is 31.4 Å². The van der Waals surface area contributed by atoms with Gasteiger partial charge in [0.05, 0.1) is 12.0 Å². The van der Waals surface area contributed by atoms with Crippen molar-refractivity contribution in [2.75, 3.05) is 7.11 Å². The molecule has 2 aromatic carbocycles. The van der Waals surface area contributed by atoms with Crippen molar-refractivity contribution in [2.24, 2.45) is 10.6 Å². The Morgan fingerprint density at radius 2 is 1.78 bits per heavy atom. The van der Waals surface area contributed by atoms with E-state index >= 15 is 0 Å². The van der Waals surface area contributed by atoms with Crippen LogP contribution in [-0.2, 0) is 10.0 Å². The fourth-order valence-corrected chi connectivity index (χ4v) is 4.15. The second kappa shape index (κ2) is 6.65. The van der Waals surface area contributed by atoms with E-state index in [1.165, 1.54) is 12.1 Å². The Hall–Kier alpha value is -2.38. The SMILES string of the molecule is COc1ccc(C(=O)N[C@@H]2[C@@H](c3ccc(S(N)(=O)=O)cc3)C2(C)C)c(C)c1. The predicted octanol–water partition coefficient (Wildman–Crippen LogP) is 2.57. The van der Waals surface area contributed by atoms with Crippen LogP contribution in [0.5, 0.6) is 5.75 Å². The first-order valence-corrected chi connectivity index (χ1v) is 10.2. The molecular formula is C20H24N2O4S. The quantitative estimate of drug-likeness (QED) is 0.822. The molecule has 1 aliphatic carbocycles. The molecule has 1 aliphatic rings. The topological polar surface area (TPSA) is 98.5 Å². The van der Waals surface area contributed by atoms with Gasteiger partial charge in [0.2, 0.25) is 10.0 Å². The third-order valence-electron chi connectivity index (χ3n) is 5.36. The van der Waals surface area contributed by atoms with E-state index in [1.807, 2.05) is 13.0 Å². The van der Waals surface area contributed by atoms with Gasteiger partial charge in [-0.15, -0.1) is 0 Å². The maximum Gasteiger partial charge on any atom is 0.251 e. The third-order valence-corrected chi connectivity index (χ3v) is 6.29. The van der Waals surface area contributed by atoms with Gasteiger partial charge in [0, 0.05) is 17.5 Å². The van der Waals surface area contributed by atoms with Crippen molar-refractivity contribution in [3.63, 3.8) is 0 Å². The number of amides is 1. The van der Waals surface area contributed by atoms with Crippen molar-refractivity contribution in [1.82, 2.24) is 5.32 Å². The van der Waals surface area contributed by atoms with Crippen molar-refractivity contribution in [3.05, 3.63) is 59.2 Å². The fourth-order valence-electron chi connectivity index (χ4n) is 3.63. The highest BCUT2D eigenvalue weighted by atomic mass is 32.2. The lowest BCUT2D eigenvalue weighted by Crippen LogP contribution is -2.29. The van der Waals surface area contributed by atoms with Crippen molar-refractivity contribution >= 4 is 15.9 Å². The standard InChI is InChI=1S/C20H24N2O4S/c1-12-11-14(26-4)7-10-16(12)19(23)22-18-17(20(18,2)3)13-5-8-15(9-6-13)27(21,24)25/h5-11,17-18H,1-4H3,(H,22,23)(H2,21,24,25)/t17-,18-/m1/s1. The highest BCUT2D eigenvalue weighted by Crippen LogP contribution is 2.58. The largest absolute Gasteiger partial charge is 0.497 e. The molecule has 27 heavy (non-hydrogen) atoms. The fraction of sp³-hybridized carbons (Fsp3) is 0.350. The smallest absolute Gasteiger partial charge is 0.251 e. The molecule has 0 unspecified atom stereocenters. The Morgan fingerprint density at radius 1 is 1.15 bits per heavy atom. The number of rotatable bonds is 5. The van der Waals surface area contributed by atoms with E-state index in [2.05, 4.69) is 19.2 Å². The Morgan fingerprint density at radius 3 is 2.30 bits per heavy atom. The second-order valence-corrected chi connectivity index (χ2v) is 9.11. The Bertz CT molecular complexity index is 982. The predicted molar refractivity (Wildman–Crippen MR) is 103 cm³/mol. The minimum Gasteiger partial charge on any atom is -0.497 e. The molecule has 3 N–H and O–H groups in total. The molecule has 0 bridgehead atoms. The zero-order chi connectivity index (χ0) is 20.0. The summed E-state index contributed by atoms with van der Waals surface area (Å²) in [6.45, 7) is 6.03. The molecule has 144 valence electrons. The average Bonchev–Trinajstić information content (AvgIpc) is 3.13. The summed E-state index contributed by atoms with van der Waals surface area (Å²) in [5.74, 6) is 0.690. The summed E-state index contributed by atoms with van der Waals surface area (Å²) in [5, 5.41) is 8.26. The summed E-state index contributed by atoms with van der Waals surface area (Å²) in [5.41, 5.74) is 2.31. The molecule has 7 heteroatoms. The number of hydrogen-bond acceptors (Lipinski definition) is 4. The number of benzene rings is 2. The maximum atomic E-state index is 12.7. The van der Waals surface area contributed by atoms with Crippen molar-refractivity contribution < 1.29 is 17.9 Å². The number of ether oxygens (including phenoxy) is 1. The summed E-state index contributed by atoms with van der Waals surface area (Å²) >= 11 is 0. The molecule has 0 spiro atoms. The lowest BCUT2D eigenvalue weighted by molar-refractivity contribution is 0.0945. The van der Waals surface area contributed by atoms with E-state index in [4.69, 9.17) is 9.88 Å². The van der Waals surface area contributed by atoms with E-state index in [0.29, 0.717) is 11.3 Å². The summed E-state index contributed by atoms with van der Waals surface area (Å²) in [7, 11) is -2.12. The van der Waals surface area contributed by atoms with Gasteiger partial charge in [-0.3, -0.25) is 4.79 Å². The van der Waals surface area contributed by atoms with E-state index in [0.717, 1.165) is 11.1 Å². The van der Waals surface area contributed by atoms with Crippen LogP contribution in [0.4, 0.5) is 0 Å². The van der Waals surface area contributed by atoms with Crippen LogP contribution in [0, 0.1) is 12.3 Å². The number of aryl methyl sites for hydroxylation is 1. The van der Waals surface area contributed by atoms with Crippen LogP contribution < -0.4 is 15.2 Å². The molecule has 0 radical (unpaired) electrons. The number of hydrogen-bond donors (Lipinski definition) is 2. The van der Waals surface area contributed by atoms with Gasteiger partial charge in [-0.25, -0.2) is 13.6 Å². The monoisotopic (exact) mass is 388 g/mol. The Balaban J connectivity index is 1.77. The Kier molecular flexibility index (Phi) is 4.78. The van der Waals surface area contributed by atoms with Gasteiger partial charge in [0.1, 0.15) is 5.75 Å². The molecular weight excluding hydrogens is 364 g/mol. The first-order chi connectivity index (χ1) is 12.6. The zero-order valence-electron chi connectivity index (χ0n) is 15.8. The average molecular weight is 388 g/mol. The molecule has 0 aliphatic heterocycles. The zero-order valence-corrected chi connectivity index (χ0v) is 16.6. The van der Waals surface area contributed by atoms with Gasteiger partial charge in [-0.1, -0.05) is 26.0 Å². The Labute approximate surface area is 159 Å². The highest BCUT2D eigenvalue weighted by Gasteiger charge is 2.59. The summed E-state index contributed by atoms with van der Waals surface area (Å²) in [6.07, 6.45) is 0. The summed E-state index contributed by atoms with van der Waals surface area (Å²) < 4.78 is 28.0. The van der Waals surface area contributed by atoms with Crippen LogP contribution in [-0.4, -0.2) is 27.5 Å². The summed E-state index contributed by atoms with van der Waals surface area (Å²) in [4.78, 5) is 12.8. The minimum absolute atomic E-state index is 0.0353. The van der Waals surface area contributed by atoms with E-state index in [9.17, 15) is 13.2 Å². The van der Waals surface area contributed by atoms with E-state index in [-0.39, 0.29) is 28.2 Å². The van der Waals surface area contributed by atoms with E-state index < -0.39 is 10.0 Å². The second-order valence-electron chi connectivity index (χ2n) is 7.55. The molecule has 0 heterocycles. The van der Waals surface area contributed by atoms with Crippen LogP contribution in [0.15, 0.2) is 47.4 Å². The first-order valence-electron chi connectivity index (χ1n) is 8.64. The van der Waals surface area contributed by atoms with Crippen molar-refractivity contribution in [1.29, 1.82) is 0 Å². The highest BCUT2D eigenvalue weighted by molar-refractivity contribution is 7.89. The molecule has 1 amide bonds. The van der Waals surface area contributed by atoms with Crippen LogP contribution in [0.3, 0.4) is 0 Å². The normalized spacial score (nSPS) is 20.8. The lowest BCUT2D eigenvalue weighted by Gasteiger charge is -2.10. The number of sulfonamides is 1.